The molecule has 7 heteroatoms. The zero-order valence-electron chi connectivity index (χ0n) is 31.9. The SMILES string of the molecule is C1=CCC(c2nc(-c3ccccc3)nc(-c3ccc(-n4c5ccccc5c5cccc(-n6ncc7c6ccc6c8ccccc8n(-c8ccccc8)c67)c54)cc3)n2)C=C1. The summed E-state index contributed by atoms with van der Waals surface area (Å²) in [7, 11) is 0. The summed E-state index contributed by atoms with van der Waals surface area (Å²) in [6.45, 7) is 0. The van der Waals surface area contributed by atoms with Crippen LogP contribution in [-0.2, 0) is 0 Å². The lowest BCUT2D eigenvalue weighted by Gasteiger charge is -2.15. The maximum absolute atomic E-state index is 5.17. The first kappa shape index (κ1) is 33.3. The lowest BCUT2D eigenvalue weighted by atomic mass is 10.00. The molecule has 59 heavy (non-hydrogen) atoms. The first-order chi connectivity index (χ1) is 29.3. The number of hydrogen-bond donors (Lipinski definition) is 0. The Kier molecular flexibility index (Phi) is 7.53. The Hall–Kier alpha value is -7.90. The van der Waals surface area contributed by atoms with Gasteiger partial charge in [-0.05, 0) is 73.2 Å². The molecule has 0 radical (unpaired) electrons. The van der Waals surface area contributed by atoms with Crippen molar-refractivity contribution in [2.24, 2.45) is 0 Å². The van der Waals surface area contributed by atoms with Crippen LogP contribution in [0.2, 0.25) is 0 Å². The van der Waals surface area contributed by atoms with Gasteiger partial charge in [0, 0.05) is 55.4 Å². The molecule has 0 N–H and O–H groups in total. The fraction of sp³-hybridized carbons (Fsp3) is 0.0385. The van der Waals surface area contributed by atoms with E-state index < -0.39 is 0 Å². The highest BCUT2D eigenvalue weighted by atomic mass is 15.3. The molecule has 1 unspecified atom stereocenters. The van der Waals surface area contributed by atoms with Crippen molar-refractivity contribution in [2.75, 3.05) is 0 Å². The van der Waals surface area contributed by atoms with Gasteiger partial charge in [0.25, 0.3) is 0 Å². The summed E-state index contributed by atoms with van der Waals surface area (Å²) >= 11 is 0. The number of nitrogens with zero attached hydrogens (tertiary/aromatic N) is 7. The van der Waals surface area contributed by atoms with Crippen molar-refractivity contribution in [3.63, 3.8) is 0 Å². The van der Waals surface area contributed by atoms with E-state index in [1.54, 1.807) is 0 Å². The molecule has 0 saturated heterocycles. The first-order valence-electron chi connectivity index (χ1n) is 20.0. The highest BCUT2D eigenvalue weighted by Crippen LogP contribution is 2.40. The third-order valence-electron chi connectivity index (χ3n) is 11.7. The maximum Gasteiger partial charge on any atom is 0.163 e. The van der Waals surface area contributed by atoms with Crippen molar-refractivity contribution in [1.82, 2.24) is 33.9 Å². The molecule has 278 valence electrons. The Bertz CT molecular complexity index is 3460. The lowest BCUT2D eigenvalue weighted by Crippen LogP contribution is -2.08. The van der Waals surface area contributed by atoms with Gasteiger partial charge in [-0.2, -0.15) is 5.10 Å². The number of rotatable bonds is 6. The van der Waals surface area contributed by atoms with Gasteiger partial charge in [0.2, 0.25) is 0 Å². The van der Waals surface area contributed by atoms with Crippen molar-refractivity contribution < 1.29 is 0 Å². The average molecular weight is 758 g/mol. The first-order valence-corrected chi connectivity index (χ1v) is 20.0. The number of allylic oxidation sites excluding steroid dienone is 4. The van der Waals surface area contributed by atoms with E-state index in [9.17, 15) is 0 Å². The predicted molar refractivity (Wildman–Crippen MR) is 240 cm³/mol. The van der Waals surface area contributed by atoms with Crippen LogP contribution >= 0.6 is 0 Å². The largest absolute Gasteiger partial charge is 0.309 e. The summed E-state index contributed by atoms with van der Waals surface area (Å²) in [5.74, 6) is 2.21. The summed E-state index contributed by atoms with van der Waals surface area (Å²) in [6, 6.07) is 57.7. The minimum atomic E-state index is 0.0932. The summed E-state index contributed by atoms with van der Waals surface area (Å²) in [5.41, 5.74) is 10.6. The third kappa shape index (κ3) is 5.28. The quantitative estimate of drug-likeness (QED) is 0.169. The molecule has 4 aromatic heterocycles. The van der Waals surface area contributed by atoms with Crippen molar-refractivity contribution in [2.45, 2.75) is 12.3 Å². The summed E-state index contributed by atoms with van der Waals surface area (Å²) in [4.78, 5) is 15.0. The predicted octanol–water partition coefficient (Wildman–Crippen LogP) is 12.3. The van der Waals surface area contributed by atoms with Gasteiger partial charge in [0.15, 0.2) is 11.6 Å². The van der Waals surface area contributed by atoms with Crippen LogP contribution in [-0.4, -0.2) is 33.9 Å². The smallest absolute Gasteiger partial charge is 0.163 e. The fourth-order valence-electron chi connectivity index (χ4n) is 8.97. The summed E-state index contributed by atoms with van der Waals surface area (Å²) in [5, 5.41) is 11.0. The van der Waals surface area contributed by atoms with Gasteiger partial charge >= 0.3 is 0 Å². The van der Waals surface area contributed by atoms with E-state index in [2.05, 4.69) is 184 Å². The number of fused-ring (bicyclic) bond motifs is 8. The molecule has 7 nitrogen and oxygen atoms in total. The minimum Gasteiger partial charge on any atom is -0.309 e. The minimum absolute atomic E-state index is 0.0932. The van der Waals surface area contributed by atoms with Crippen LogP contribution in [0.4, 0.5) is 0 Å². The Labute approximate surface area is 339 Å². The van der Waals surface area contributed by atoms with Crippen LogP contribution in [0, 0.1) is 0 Å². The van der Waals surface area contributed by atoms with E-state index >= 15 is 0 Å². The molecule has 7 aromatic carbocycles. The Morgan fingerprint density at radius 3 is 1.76 bits per heavy atom. The van der Waals surface area contributed by atoms with Crippen LogP contribution in [0.15, 0.2) is 194 Å². The molecule has 0 saturated carbocycles. The van der Waals surface area contributed by atoms with E-state index in [1.807, 2.05) is 24.4 Å². The van der Waals surface area contributed by atoms with Crippen LogP contribution < -0.4 is 0 Å². The van der Waals surface area contributed by atoms with Crippen LogP contribution in [0.1, 0.15) is 18.2 Å². The Morgan fingerprint density at radius 2 is 1.05 bits per heavy atom. The second-order valence-corrected chi connectivity index (χ2v) is 15.1. The Balaban J connectivity index is 1.04. The zero-order chi connectivity index (χ0) is 38.9. The third-order valence-corrected chi connectivity index (χ3v) is 11.7. The van der Waals surface area contributed by atoms with Gasteiger partial charge in [-0.25, -0.2) is 19.6 Å². The van der Waals surface area contributed by atoms with Crippen LogP contribution in [0.5, 0.6) is 0 Å². The van der Waals surface area contributed by atoms with E-state index in [0.717, 1.165) is 73.3 Å². The van der Waals surface area contributed by atoms with E-state index in [-0.39, 0.29) is 5.92 Å². The Morgan fingerprint density at radius 1 is 0.441 bits per heavy atom. The van der Waals surface area contributed by atoms with Gasteiger partial charge in [-0.1, -0.05) is 121 Å². The molecule has 12 rings (SSSR count). The molecule has 0 amide bonds. The van der Waals surface area contributed by atoms with Gasteiger partial charge < -0.3 is 9.13 Å². The number of aromatic nitrogens is 7. The second-order valence-electron chi connectivity index (χ2n) is 15.1. The number of benzene rings is 7. The molecule has 1 aliphatic carbocycles. The van der Waals surface area contributed by atoms with Crippen molar-refractivity contribution in [3.05, 3.63) is 200 Å². The van der Waals surface area contributed by atoms with Crippen molar-refractivity contribution in [3.8, 4) is 39.8 Å². The molecule has 0 spiro atoms. The number of hydrogen-bond acceptors (Lipinski definition) is 4. The molecule has 11 aromatic rings. The van der Waals surface area contributed by atoms with Gasteiger partial charge in [-0.15, -0.1) is 0 Å². The van der Waals surface area contributed by atoms with E-state index in [4.69, 9.17) is 20.1 Å². The molecule has 1 aliphatic rings. The normalized spacial score (nSPS) is 14.1. The molecule has 4 heterocycles. The maximum atomic E-state index is 5.17. The average Bonchev–Trinajstić information content (AvgIpc) is 4.00. The standard InChI is InChI=1S/C52H35N7/c1-4-15-34(16-5-1)50-54-51(35-17-6-2-7-18-35)56-52(55-50)36-27-29-38(30-28-36)58-45-25-13-10-21-39(45)41-23-14-26-47(49(41)58)59-46-32-31-42-40-22-11-12-24-44(40)57(37-19-8-3-9-20-37)48(42)43(46)33-53-59/h1-17,19-33,35H,18H2. The molecular weight excluding hydrogens is 723 g/mol. The second kappa shape index (κ2) is 13.4. The van der Waals surface area contributed by atoms with Gasteiger partial charge in [0.1, 0.15) is 5.82 Å². The fourth-order valence-corrected chi connectivity index (χ4v) is 8.97. The monoisotopic (exact) mass is 757 g/mol. The molecule has 0 fully saturated rings. The van der Waals surface area contributed by atoms with Gasteiger partial charge in [-0.3, -0.25) is 0 Å². The molecule has 0 aliphatic heterocycles. The molecule has 1 atom stereocenters. The zero-order valence-corrected chi connectivity index (χ0v) is 31.9. The van der Waals surface area contributed by atoms with Crippen molar-refractivity contribution >= 4 is 54.5 Å². The van der Waals surface area contributed by atoms with Crippen LogP contribution in [0.3, 0.4) is 0 Å². The summed E-state index contributed by atoms with van der Waals surface area (Å²) < 4.78 is 6.85. The topological polar surface area (TPSA) is 66.3 Å². The highest BCUT2D eigenvalue weighted by Gasteiger charge is 2.22. The van der Waals surface area contributed by atoms with Crippen LogP contribution in [0.25, 0.3) is 94.4 Å². The highest BCUT2D eigenvalue weighted by molar-refractivity contribution is 6.19. The van der Waals surface area contributed by atoms with Crippen molar-refractivity contribution in [1.29, 1.82) is 0 Å². The molecular formula is C52H35N7. The number of para-hydroxylation sites is 4. The summed E-state index contributed by atoms with van der Waals surface area (Å²) in [6.07, 6.45) is 11.4. The molecule has 0 bridgehead atoms. The van der Waals surface area contributed by atoms with Gasteiger partial charge in [0.05, 0.1) is 39.5 Å². The van der Waals surface area contributed by atoms with E-state index in [1.165, 1.54) is 21.7 Å². The van der Waals surface area contributed by atoms with E-state index in [0.29, 0.717) is 11.6 Å². The lowest BCUT2D eigenvalue weighted by molar-refractivity contribution is 0.764.